The van der Waals surface area contributed by atoms with Crippen molar-refractivity contribution in [2.75, 3.05) is 32.8 Å². The molecule has 1 aromatic rings. The first-order chi connectivity index (χ1) is 12.3. The van der Waals surface area contributed by atoms with Gasteiger partial charge in [0.05, 0.1) is 0 Å². The number of hydrogen-bond donors (Lipinski definition) is 3. The van der Waals surface area contributed by atoms with Gasteiger partial charge in [0.15, 0.2) is 0 Å². The maximum absolute atomic E-state index is 11.1. The standard InChI is InChI=1S/C23H40N2O2.ClH/c1-21(2,3)17-13-16(14-18(19(17)27)22(4,5)6)20(23(7,8)15-26)25-11-9-24-10-12-25;/h13-14,20,24,26-27H,9-12,15H2,1-8H3;1H/t20-;/m1./s1. The number of hydrogen-bond acceptors (Lipinski definition) is 4. The largest absolute Gasteiger partial charge is 0.507 e. The van der Waals surface area contributed by atoms with E-state index in [2.05, 4.69) is 77.7 Å². The Bertz CT molecular complexity index is 619. The molecule has 0 saturated carbocycles. The summed E-state index contributed by atoms with van der Waals surface area (Å²) in [6.07, 6.45) is 0. The van der Waals surface area contributed by atoms with Gasteiger partial charge < -0.3 is 15.5 Å². The van der Waals surface area contributed by atoms with Crippen molar-refractivity contribution >= 4 is 12.4 Å². The Morgan fingerprint density at radius 1 is 0.929 bits per heavy atom. The number of aliphatic hydroxyl groups excluding tert-OH is 1. The van der Waals surface area contributed by atoms with E-state index in [1.807, 2.05) is 0 Å². The normalized spacial score (nSPS) is 17.9. The first kappa shape index (κ1) is 25.2. The zero-order valence-corrected chi connectivity index (χ0v) is 19.8. The lowest BCUT2D eigenvalue weighted by Gasteiger charge is -2.44. The second-order valence-corrected chi connectivity index (χ2v) is 10.8. The molecule has 0 spiro atoms. The maximum atomic E-state index is 11.1. The summed E-state index contributed by atoms with van der Waals surface area (Å²) in [6.45, 7) is 21.1. The molecule has 1 aliphatic rings. The molecular formula is C23H41ClN2O2. The molecule has 1 heterocycles. The van der Waals surface area contributed by atoms with Crippen LogP contribution in [0.15, 0.2) is 12.1 Å². The number of halogens is 1. The molecule has 1 atom stereocenters. The van der Waals surface area contributed by atoms with Crippen molar-refractivity contribution in [3.05, 3.63) is 28.8 Å². The van der Waals surface area contributed by atoms with Crippen molar-refractivity contribution < 1.29 is 10.2 Å². The molecule has 0 bridgehead atoms. The molecular weight excluding hydrogens is 372 g/mol. The summed E-state index contributed by atoms with van der Waals surface area (Å²) >= 11 is 0. The van der Waals surface area contributed by atoms with E-state index in [-0.39, 0.29) is 41.3 Å². The topological polar surface area (TPSA) is 55.7 Å². The van der Waals surface area contributed by atoms with Crippen LogP contribution >= 0.6 is 12.4 Å². The van der Waals surface area contributed by atoms with E-state index < -0.39 is 0 Å². The van der Waals surface area contributed by atoms with Gasteiger partial charge in [-0.2, -0.15) is 0 Å². The highest BCUT2D eigenvalue weighted by Gasteiger charge is 2.38. The monoisotopic (exact) mass is 412 g/mol. The number of phenolic OH excluding ortho intramolecular Hbond substituents is 1. The Hall–Kier alpha value is -0.810. The Kier molecular flexibility index (Phi) is 8.03. The third-order valence-electron chi connectivity index (χ3n) is 5.73. The zero-order valence-electron chi connectivity index (χ0n) is 19.0. The minimum atomic E-state index is -0.279. The summed E-state index contributed by atoms with van der Waals surface area (Å²) in [5.41, 5.74) is 2.58. The number of nitrogens with zero attached hydrogens (tertiary/aromatic N) is 1. The van der Waals surface area contributed by atoms with Crippen LogP contribution in [0.5, 0.6) is 5.75 Å². The van der Waals surface area contributed by atoms with Crippen molar-refractivity contribution in [3.8, 4) is 5.75 Å². The summed E-state index contributed by atoms with van der Waals surface area (Å²) in [7, 11) is 0. The maximum Gasteiger partial charge on any atom is 0.123 e. The first-order valence-corrected chi connectivity index (χ1v) is 10.2. The quantitative estimate of drug-likeness (QED) is 0.687. The van der Waals surface area contributed by atoms with E-state index in [9.17, 15) is 10.2 Å². The number of aliphatic hydroxyl groups is 1. The highest BCUT2D eigenvalue weighted by atomic mass is 35.5. The molecule has 3 N–H and O–H groups in total. The molecule has 5 heteroatoms. The Balaban J connectivity index is 0.00000392. The van der Waals surface area contributed by atoms with Gasteiger partial charge in [-0.25, -0.2) is 0 Å². The van der Waals surface area contributed by atoms with E-state index >= 15 is 0 Å². The van der Waals surface area contributed by atoms with E-state index in [0.717, 1.165) is 37.3 Å². The van der Waals surface area contributed by atoms with Gasteiger partial charge in [0.2, 0.25) is 0 Å². The van der Waals surface area contributed by atoms with Crippen LogP contribution < -0.4 is 5.32 Å². The minimum Gasteiger partial charge on any atom is -0.507 e. The molecule has 0 radical (unpaired) electrons. The fraction of sp³-hybridized carbons (Fsp3) is 0.739. The summed E-state index contributed by atoms with van der Waals surface area (Å²) in [4.78, 5) is 2.48. The molecule has 0 aliphatic carbocycles. The van der Waals surface area contributed by atoms with Gasteiger partial charge in [-0.3, -0.25) is 4.90 Å². The van der Waals surface area contributed by atoms with Crippen molar-refractivity contribution in [3.63, 3.8) is 0 Å². The van der Waals surface area contributed by atoms with E-state index in [1.54, 1.807) is 0 Å². The third kappa shape index (κ3) is 5.41. The molecule has 1 saturated heterocycles. The number of rotatable bonds is 4. The van der Waals surface area contributed by atoms with E-state index in [1.165, 1.54) is 5.56 Å². The van der Waals surface area contributed by atoms with Crippen molar-refractivity contribution in [2.24, 2.45) is 5.41 Å². The number of piperazine rings is 1. The number of nitrogens with one attached hydrogen (secondary N) is 1. The average Bonchev–Trinajstić information content (AvgIpc) is 2.55. The number of phenols is 1. The van der Waals surface area contributed by atoms with Crippen LogP contribution in [0.3, 0.4) is 0 Å². The van der Waals surface area contributed by atoms with Crippen LogP contribution in [0.25, 0.3) is 0 Å². The molecule has 0 unspecified atom stereocenters. The predicted octanol–water partition coefficient (Wildman–Crippen LogP) is 4.37. The molecule has 0 amide bonds. The van der Waals surface area contributed by atoms with Gasteiger partial charge in [0.1, 0.15) is 5.75 Å². The minimum absolute atomic E-state index is 0. The third-order valence-corrected chi connectivity index (χ3v) is 5.73. The van der Waals surface area contributed by atoms with Crippen LogP contribution in [0.4, 0.5) is 0 Å². The molecule has 2 rings (SSSR count). The highest BCUT2D eigenvalue weighted by molar-refractivity contribution is 5.85. The lowest BCUT2D eigenvalue weighted by atomic mass is 9.74. The van der Waals surface area contributed by atoms with E-state index in [4.69, 9.17) is 0 Å². The summed E-state index contributed by atoms with van der Waals surface area (Å²) < 4.78 is 0. The van der Waals surface area contributed by atoms with Crippen LogP contribution in [0, 0.1) is 5.41 Å². The van der Waals surface area contributed by atoms with Crippen LogP contribution in [0.2, 0.25) is 0 Å². The number of aromatic hydroxyl groups is 1. The van der Waals surface area contributed by atoms with Crippen LogP contribution in [-0.4, -0.2) is 47.9 Å². The summed E-state index contributed by atoms with van der Waals surface area (Å²) in [6, 6.07) is 4.45. The van der Waals surface area contributed by atoms with E-state index in [0.29, 0.717) is 5.75 Å². The van der Waals surface area contributed by atoms with Gasteiger partial charge in [-0.05, 0) is 39.7 Å². The fourth-order valence-corrected chi connectivity index (χ4v) is 4.14. The lowest BCUT2D eigenvalue weighted by molar-refractivity contribution is 0.0303. The van der Waals surface area contributed by atoms with Gasteiger partial charge in [-0.1, -0.05) is 55.4 Å². The molecule has 4 nitrogen and oxygen atoms in total. The zero-order chi connectivity index (χ0) is 20.6. The predicted molar refractivity (Wildman–Crippen MR) is 121 cm³/mol. The molecule has 0 aromatic heterocycles. The Labute approximate surface area is 178 Å². The number of benzene rings is 1. The van der Waals surface area contributed by atoms with Gasteiger partial charge in [0.25, 0.3) is 0 Å². The smallest absolute Gasteiger partial charge is 0.123 e. The van der Waals surface area contributed by atoms with Gasteiger partial charge in [-0.15, -0.1) is 12.4 Å². The van der Waals surface area contributed by atoms with Crippen molar-refractivity contribution in [1.29, 1.82) is 0 Å². The first-order valence-electron chi connectivity index (χ1n) is 10.2. The van der Waals surface area contributed by atoms with Crippen LogP contribution in [0.1, 0.15) is 78.1 Å². The second-order valence-electron chi connectivity index (χ2n) is 10.8. The Morgan fingerprint density at radius 3 is 1.71 bits per heavy atom. The fourth-order valence-electron chi connectivity index (χ4n) is 4.14. The molecule has 1 aliphatic heterocycles. The molecule has 1 fully saturated rings. The van der Waals surface area contributed by atoms with Crippen LogP contribution in [-0.2, 0) is 10.8 Å². The lowest BCUT2D eigenvalue weighted by Crippen LogP contribution is -2.49. The van der Waals surface area contributed by atoms with Crippen molar-refractivity contribution in [1.82, 2.24) is 10.2 Å². The second kappa shape index (κ2) is 8.91. The molecule has 1 aromatic carbocycles. The summed E-state index contributed by atoms with van der Waals surface area (Å²) in [5.74, 6) is 0.416. The molecule has 162 valence electrons. The van der Waals surface area contributed by atoms with Crippen molar-refractivity contribution in [2.45, 2.75) is 72.3 Å². The molecule has 28 heavy (non-hydrogen) atoms. The highest BCUT2D eigenvalue weighted by Crippen LogP contribution is 2.45. The van der Waals surface area contributed by atoms with Gasteiger partial charge in [0, 0.05) is 44.2 Å². The Morgan fingerprint density at radius 2 is 1.36 bits per heavy atom. The van der Waals surface area contributed by atoms with Gasteiger partial charge >= 0.3 is 0 Å². The summed E-state index contributed by atoms with van der Waals surface area (Å²) in [5, 5.41) is 24.7. The average molecular weight is 413 g/mol. The SMILES string of the molecule is CC(C)(C)c1cc([C@@H](N2CCNCC2)C(C)(C)CO)cc(C(C)(C)C)c1O.Cl.